The van der Waals surface area contributed by atoms with Crippen molar-refractivity contribution in [3.8, 4) is 0 Å². The van der Waals surface area contributed by atoms with Crippen molar-refractivity contribution in [2.45, 2.75) is 69.9 Å². The highest BCUT2D eigenvalue weighted by molar-refractivity contribution is 6.03. The van der Waals surface area contributed by atoms with Crippen LogP contribution in [0.2, 0.25) is 0 Å². The third kappa shape index (κ3) is 3.09. The molecule has 7 nitrogen and oxygen atoms in total. The van der Waals surface area contributed by atoms with E-state index < -0.39 is 35.1 Å². The number of aryl methyl sites for hydroxylation is 1. The fourth-order valence-corrected chi connectivity index (χ4v) is 5.32. The van der Waals surface area contributed by atoms with Gasteiger partial charge in [0.1, 0.15) is 11.6 Å². The van der Waals surface area contributed by atoms with Crippen molar-refractivity contribution in [1.29, 1.82) is 0 Å². The average Bonchev–Trinajstić information content (AvgIpc) is 3.27. The molecule has 0 aromatic heterocycles. The Morgan fingerprint density at radius 1 is 1.16 bits per heavy atom. The summed E-state index contributed by atoms with van der Waals surface area (Å²) in [7, 11) is 0. The zero-order chi connectivity index (χ0) is 22.1. The van der Waals surface area contributed by atoms with Crippen LogP contribution in [0.15, 0.2) is 36.4 Å². The molecule has 1 saturated carbocycles. The molecule has 4 aliphatic rings. The van der Waals surface area contributed by atoms with Crippen molar-refractivity contribution in [3.05, 3.63) is 42.0 Å². The number of amides is 3. The van der Waals surface area contributed by atoms with E-state index >= 15 is 0 Å². The number of ether oxygens (including phenoxy) is 1. The molecule has 5 rings (SSSR count). The first kappa shape index (κ1) is 20.2. The number of rotatable bonds is 4. The van der Waals surface area contributed by atoms with Crippen LogP contribution in [-0.2, 0) is 19.1 Å². The minimum atomic E-state index is -1.09. The lowest BCUT2D eigenvalue weighted by atomic mass is 9.74. The molecule has 3 amide bonds. The van der Waals surface area contributed by atoms with Gasteiger partial charge in [0.2, 0.25) is 17.7 Å². The Morgan fingerprint density at radius 2 is 1.87 bits per heavy atom. The Morgan fingerprint density at radius 3 is 2.52 bits per heavy atom. The van der Waals surface area contributed by atoms with Crippen LogP contribution in [0, 0.1) is 18.8 Å². The highest BCUT2D eigenvalue weighted by Gasteiger charge is 2.74. The topological polar surface area (TPSA) is 87.7 Å². The van der Waals surface area contributed by atoms with Crippen LogP contribution in [0.4, 0.5) is 5.69 Å². The van der Waals surface area contributed by atoms with Crippen LogP contribution in [0.3, 0.4) is 0 Å². The van der Waals surface area contributed by atoms with Crippen LogP contribution < -0.4 is 10.6 Å². The highest BCUT2D eigenvalue weighted by Crippen LogP contribution is 2.57. The lowest BCUT2D eigenvalue weighted by Gasteiger charge is -2.34. The van der Waals surface area contributed by atoms with Crippen LogP contribution in [0.5, 0.6) is 0 Å². The van der Waals surface area contributed by atoms with E-state index in [2.05, 4.69) is 10.6 Å². The van der Waals surface area contributed by atoms with Crippen molar-refractivity contribution < 1.29 is 19.1 Å². The fraction of sp³-hybridized carbons (Fsp3) is 0.542. The Balaban J connectivity index is 1.49. The fourth-order valence-electron chi connectivity index (χ4n) is 5.32. The Kier molecular flexibility index (Phi) is 4.35. The van der Waals surface area contributed by atoms with Crippen molar-refractivity contribution in [3.63, 3.8) is 0 Å². The molecular weight excluding hydrogens is 394 g/mol. The van der Waals surface area contributed by atoms with Gasteiger partial charge in [-0.2, -0.15) is 0 Å². The SMILES string of the molecule is Cc1ccccc1NC(=O)[C@@H]1[C@H]2C=C[C@@]3(O2)[C@H]1C(=O)N(C1CC1)[C@@H]3C(=O)NC(C)(C)C. The Hall–Kier alpha value is -2.67. The predicted octanol–water partition coefficient (Wildman–Crippen LogP) is 2.16. The first-order chi connectivity index (χ1) is 14.6. The molecule has 164 valence electrons. The highest BCUT2D eigenvalue weighted by atomic mass is 16.5. The van der Waals surface area contributed by atoms with Crippen LogP contribution in [-0.4, -0.2) is 51.9 Å². The Bertz CT molecular complexity index is 993. The van der Waals surface area contributed by atoms with Crippen molar-refractivity contribution in [2.75, 3.05) is 5.32 Å². The van der Waals surface area contributed by atoms with Gasteiger partial charge in [0.05, 0.1) is 17.9 Å². The van der Waals surface area contributed by atoms with Crippen LogP contribution >= 0.6 is 0 Å². The predicted molar refractivity (Wildman–Crippen MR) is 115 cm³/mol. The number of nitrogens with zero attached hydrogens (tertiary/aromatic N) is 1. The monoisotopic (exact) mass is 423 g/mol. The van der Waals surface area contributed by atoms with Gasteiger partial charge >= 0.3 is 0 Å². The van der Waals surface area contributed by atoms with Gasteiger partial charge in [-0.25, -0.2) is 0 Å². The molecule has 1 spiro atoms. The van der Waals surface area contributed by atoms with Crippen LogP contribution in [0.1, 0.15) is 39.2 Å². The summed E-state index contributed by atoms with van der Waals surface area (Å²) in [4.78, 5) is 42.0. The summed E-state index contributed by atoms with van der Waals surface area (Å²) >= 11 is 0. The van der Waals surface area contributed by atoms with Crippen molar-refractivity contribution in [2.24, 2.45) is 11.8 Å². The summed E-state index contributed by atoms with van der Waals surface area (Å²) in [6.07, 6.45) is 4.94. The lowest BCUT2D eigenvalue weighted by molar-refractivity contribution is -0.142. The van der Waals surface area contributed by atoms with E-state index in [-0.39, 0.29) is 23.8 Å². The second-order valence-corrected chi connectivity index (χ2v) is 10.2. The molecule has 2 saturated heterocycles. The van der Waals surface area contributed by atoms with Crippen molar-refractivity contribution in [1.82, 2.24) is 10.2 Å². The molecule has 1 aromatic rings. The maximum atomic E-state index is 13.6. The molecule has 3 aliphatic heterocycles. The quantitative estimate of drug-likeness (QED) is 0.727. The number of hydrogen-bond acceptors (Lipinski definition) is 4. The molecule has 31 heavy (non-hydrogen) atoms. The molecule has 7 heteroatoms. The second-order valence-electron chi connectivity index (χ2n) is 10.2. The van der Waals surface area contributed by atoms with E-state index in [0.29, 0.717) is 0 Å². The average molecular weight is 424 g/mol. The number of anilines is 1. The minimum absolute atomic E-state index is 0.0410. The largest absolute Gasteiger partial charge is 0.359 e. The molecule has 0 unspecified atom stereocenters. The molecule has 0 radical (unpaired) electrons. The summed E-state index contributed by atoms with van der Waals surface area (Å²) in [6.45, 7) is 7.68. The summed E-state index contributed by atoms with van der Waals surface area (Å²) < 4.78 is 6.32. The van der Waals surface area contributed by atoms with Gasteiger partial charge in [0.15, 0.2) is 0 Å². The van der Waals surface area contributed by atoms with Gasteiger partial charge < -0.3 is 20.3 Å². The summed E-state index contributed by atoms with van der Waals surface area (Å²) in [6, 6.07) is 6.84. The minimum Gasteiger partial charge on any atom is -0.359 e. The number of carbonyl (C=O) groups excluding carboxylic acids is 3. The Labute approximate surface area is 182 Å². The van der Waals surface area contributed by atoms with Gasteiger partial charge in [0, 0.05) is 17.3 Å². The first-order valence-electron chi connectivity index (χ1n) is 11.0. The van der Waals surface area contributed by atoms with E-state index in [0.717, 1.165) is 24.1 Å². The molecule has 1 aromatic carbocycles. The smallest absolute Gasteiger partial charge is 0.246 e. The maximum Gasteiger partial charge on any atom is 0.246 e. The normalized spacial score (nSPS) is 33.5. The van der Waals surface area contributed by atoms with E-state index in [4.69, 9.17) is 4.74 Å². The molecule has 3 fully saturated rings. The van der Waals surface area contributed by atoms with Gasteiger partial charge in [-0.05, 0) is 52.2 Å². The third-order valence-electron chi connectivity index (χ3n) is 6.70. The lowest BCUT2D eigenvalue weighted by Crippen LogP contribution is -2.58. The van der Waals surface area contributed by atoms with Gasteiger partial charge in [-0.15, -0.1) is 0 Å². The number of fused-ring (bicyclic) bond motifs is 1. The summed E-state index contributed by atoms with van der Waals surface area (Å²) in [5, 5.41) is 6.01. The number of para-hydroxylation sites is 1. The zero-order valence-corrected chi connectivity index (χ0v) is 18.3. The van der Waals surface area contributed by atoms with E-state index in [1.807, 2.05) is 64.1 Å². The number of nitrogens with one attached hydrogen (secondary N) is 2. The number of carbonyl (C=O) groups is 3. The number of likely N-dealkylation sites (tertiary alicyclic amines) is 1. The molecule has 1 aliphatic carbocycles. The summed E-state index contributed by atoms with van der Waals surface area (Å²) in [5.41, 5.74) is 0.143. The molecule has 3 heterocycles. The van der Waals surface area contributed by atoms with Gasteiger partial charge in [-0.3, -0.25) is 14.4 Å². The molecular formula is C24H29N3O4. The molecule has 2 N–H and O–H groups in total. The van der Waals surface area contributed by atoms with Gasteiger partial charge in [-0.1, -0.05) is 30.4 Å². The van der Waals surface area contributed by atoms with E-state index in [9.17, 15) is 14.4 Å². The number of benzene rings is 1. The standard InChI is InChI=1S/C24H29N3O4/c1-13-7-5-6-8-15(13)25-20(28)17-16-11-12-24(31-16)18(17)22(30)27(14-9-10-14)19(24)21(29)26-23(2,3)4/h5-8,11-12,14,16-19H,9-10H2,1-4H3,(H,25,28)(H,26,29)/t16-,17-,18-,19-,24-/m1/s1. The van der Waals surface area contributed by atoms with E-state index in [1.54, 1.807) is 4.90 Å². The number of hydrogen-bond donors (Lipinski definition) is 2. The second kappa shape index (κ2) is 6.66. The summed E-state index contributed by atoms with van der Waals surface area (Å²) in [5.74, 6) is -1.96. The van der Waals surface area contributed by atoms with Crippen LogP contribution in [0.25, 0.3) is 0 Å². The first-order valence-corrected chi connectivity index (χ1v) is 11.0. The third-order valence-corrected chi connectivity index (χ3v) is 6.70. The maximum absolute atomic E-state index is 13.6. The van der Waals surface area contributed by atoms with Crippen molar-refractivity contribution >= 4 is 23.4 Å². The van der Waals surface area contributed by atoms with E-state index in [1.165, 1.54) is 0 Å². The zero-order valence-electron chi connectivity index (χ0n) is 18.3. The van der Waals surface area contributed by atoms with Gasteiger partial charge in [0.25, 0.3) is 0 Å². The molecule has 2 bridgehead atoms. The molecule has 5 atom stereocenters.